The fourth-order valence-corrected chi connectivity index (χ4v) is 7.13. The van der Waals surface area contributed by atoms with Gasteiger partial charge in [-0.15, -0.1) is 0 Å². The van der Waals surface area contributed by atoms with Crippen molar-refractivity contribution in [3.63, 3.8) is 0 Å². The average molecular weight is 517 g/mol. The number of nitrogens with one attached hydrogen (secondary N) is 1. The van der Waals surface area contributed by atoms with Crippen LogP contribution in [0.2, 0.25) is 10.0 Å². The largest absolute Gasteiger partial charge is 0.497 e. The first-order valence-electron chi connectivity index (χ1n) is 13.0. The van der Waals surface area contributed by atoms with Gasteiger partial charge < -0.3 is 14.5 Å². The second-order valence-corrected chi connectivity index (χ2v) is 12.3. The van der Waals surface area contributed by atoms with Crippen molar-refractivity contribution in [2.75, 3.05) is 33.8 Å². The molecule has 1 saturated heterocycles. The summed E-state index contributed by atoms with van der Waals surface area (Å²) in [7, 11) is 4.21. The molecule has 1 unspecified atom stereocenters. The van der Waals surface area contributed by atoms with E-state index < -0.39 is 0 Å². The Morgan fingerprint density at radius 3 is 2.69 bits per heavy atom. The Kier molecular flexibility index (Phi) is 7.09. The Bertz CT molecular complexity index is 1090. The first-order chi connectivity index (χ1) is 16.8. The van der Waals surface area contributed by atoms with Gasteiger partial charge in [0.05, 0.1) is 50.3 Å². The molecule has 1 N–H and O–H groups in total. The average Bonchev–Trinajstić information content (AvgIpc) is 3.65. The molecule has 5 rings (SSSR count). The summed E-state index contributed by atoms with van der Waals surface area (Å²) >= 11 is 12.2. The SMILES string of the molecule is COc1cccc([C@@]23CC[N@+](C)(CC4CC4)CC2CC[C@@H](NC(=O)Cc2ccc(Cl)c(Cl)c2)C3)c1. The number of hydrogen-bond donors (Lipinski definition) is 1. The summed E-state index contributed by atoms with van der Waals surface area (Å²) in [6, 6.07) is 14.3. The molecule has 35 heavy (non-hydrogen) atoms. The van der Waals surface area contributed by atoms with Gasteiger partial charge in [0.15, 0.2) is 0 Å². The van der Waals surface area contributed by atoms with E-state index in [9.17, 15) is 4.79 Å². The van der Waals surface area contributed by atoms with Crippen LogP contribution in [0.5, 0.6) is 5.75 Å². The van der Waals surface area contributed by atoms with E-state index in [1.54, 1.807) is 19.2 Å². The van der Waals surface area contributed by atoms with E-state index in [2.05, 4.69) is 30.6 Å². The molecule has 0 spiro atoms. The second kappa shape index (κ2) is 9.95. The molecule has 4 nitrogen and oxygen atoms in total. The lowest BCUT2D eigenvalue weighted by molar-refractivity contribution is -0.921. The number of amides is 1. The summed E-state index contributed by atoms with van der Waals surface area (Å²) in [4.78, 5) is 13.0. The van der Waals surface area contributed by atoms with Gasteiger partial charge in [0.25, 0.3) is 0 Å². The van der Waals surface area contributed by atoms with Crippen LogP contribution in [0.4, 0.5) is 0 Å². The van der Waals surface area contributed by atoms with Gasteiger partial charge in [0, 0.05) is 29.7 Å². The van der Waals surface area contributed by atoms with Crippen LogP contribution in [-0.2, 0) is 16.6 Å². The summed E-state index contributed by atoms with van der Waals surface area (Å²) in [5.74, 6) is 2.52. The number of hydrogen-bond acceptors (Lipinski definition) is 2. The normalized spacial score (nSPS) is 30.4. The van der Waals surface area contributed by atoms with E-state index in [1.165, 1.54) is 42.5 Å². The van der Waals surface area contributed by atoms with Crippen LogP contribution in [0.25, 0.3) is 0 Å². The number of piperidine rings is 1. The molecule has 0 aromatic heterocycles. The highest BCUT2D eigenvalue weighted by Gasteiger charge is 2.53. The minimum absolute atomic E-state index is 0.0535. The first kappa shape index (κ1) is 24.9. The number of carbonyl (C=O) groups excluding carboxylic acids is 1. The van der Waals surface area contributed by atoms with Gasteiger partial charge in [-0.1, -0.05) is 41.4 Å². The lowest BCUT2D eigenvalue weighted by Gasteiger charge is -2.55. The van der Waals surface area contributed by atoms with Gasteiger partial charge >= 0.3 is 0 Å². The molecule has 2 aliphatic carbocycles. The minimum Gasteiger partial charge on any atom is -0.497 e. The monoisotopic (exact) mass is 515 g/mol. The highest BCUT2D eigenvalue weighted by Crippen LogP contribution is 2.51. The maximum Gasteiger partial charge on any atom is 0.224 e. The molecule has 2 saturated carbocycles. The van der Waals surface area contributed by atoms with Crippen molar-refractivity contribution in [2.45, 2.75) is 56.4 Å². The second-order valence-electron chi connectivity index (χ2n) is 11.5. The Hall–Kier alpha value is -1.75. The van der Waals surface area contributed by atoms with Crippen LogP contribution in [0.3, 0.4) is 0 Å². The Labute approximate surface area is 219 Å². The molecule has 0 bridgehead atoms. The number of ether oxygens (including phenoxy) is 1. The van der Waals surface area contributed by atoms with Crippen LogP contribution in [0, 0.1) is 11.8 Å². The molecule has 1 heterocycles. The van der Waals surface area contributed by atoms with Gasteiger partial charge in [0.1, 0.15) is 5.75 Å². The van der Waals surface area contributed by atoms with Gasteiger partial charge in [0.2, 0.25) is 5.91 Å². The molecular weight excluding hydrogens is 479 g/mol. The van der Waals surface area contributed by atoms with Crippen LogP contribution in [-0.4, -0.2) is 50.2 Å². The van der Waals surface area contributed by atoms with Crippen molar-refractivity contribution < 1.29 is 14.0 Å². The van der Waals surface area contributed by atoms with E-state index >= 15 is 0 Å². The van der Waals surface area contributed by atoms with Gasteiger partial charge in [-0.25, -0.2) is 0 Å². The third-order valence-electron chi connectivity index (χ3n) is 8.77. The lowest BCUT2D eigenvalue weighted by Crippen LogP contribution is -2.62. The quantitative estimate of drug-likeness (QED) is 0.457. The summed E-state index contributed by atoms with van der Waals surface area (Å²) in [6.07, 6.45) is 7.47. The maximum atomic E-state index is 13.0. The summed E-state index contributed by atoms with van der Waals surface area (Å²) in [5, 5.41) is 4.37. The van der Waals surface area contributed by atoms with E-state index in [0.29, 0.717) is 22.4 Å². The summed E-state index contributed by atoms with van der Waals surface area (Å²) in [6.45, 7) is 3.76. The number of methoxy groups -OCH3 is 1. The minimum atomic E-state index is 0.0535. The van der Waals surface area contributed by atoms with E-state index in [1.807, 2.05) is 12.1 Å². The van der Waals surface area contributed by atoms with E-state index in [-0.39, 0.29) is 17.4 Å². The molecule has 6 heteroatoms. The molecule has 2 aromatic carbocycles. The van der Waals surface area contributed by atoms with Crippen molar-refractivity contribution in [1.29, 1.82) is 0 Å². The third-order valence-corrected chi connectivity index (χ3v) is 9.51. The predicted molar refractivity (Wildman–Crippen MR) is 142 cm³/mol. The molecule has 1 amide bonds. The third kappa shape index (κ3) is 5.50. The molecule has 3 aliphatic rings. The predicted octanol–water partition coefficient (Wildman–Crippen LogP) is 6.03. The molecule has 4 atom stereocenters. The molecular formula is C29H37Cl2N2O2+. The molecule has 2 aromatic rings. The van der Waals surface area contributed by atoms with E-state index in [0.717, 1.165) is 42.9 Å². The Morgan fingerprint density at radius 1 is 1.11 bits per heavy atom. The number of carbonyl (C=O) groups is 1. The molecule has 1 aliphatic heterocycles. The first-order valence-corrected chi connectivity index (χ1v) is 13.8. The zero-order valence-electron chi connectivity index (χ0n) is 20.9. The number of nitrogens with zero attached hydrogens (tertiary/aromatic N) is 1. The highest BCUT2D eigenvalue weighted by molar-refractivity contribution is 6.42. The highest BCUT2D eigenvalue weighted by atomic mass is 35.5. The smallest absolute Gasteiger partial charge is 0.224 e. The van der Waals surface area contributed by atoms with Crippen LogP contribution >= 0.6 is 23.2 Å². The Morgan fingerprint density at radius 2 is 1.94 bits per heavy atom. The van der Waals surface area contributed by atoms with Gasteiger partial charge in [-0.3, -0.25) is 4.79 Å². The summed E-state index contributed by atoms with van der Waals surface area (Å²) < 4.78 is 6.81. The fraction of sp³-hybridized carbons (Fsp3) is 0.552. The molecule has 3 fully saturated rings. The lowest BCUT2D eigenvalue weighted by atomic mass is 9.57. The van der Waals surface area contributed by atoms with Crippen molar-refractivity contribution in [3.05, 3.63) is 63.6 Å². The van der Waals surface area contributed by atoms with Crippen LogP contribution in [0.1, 0.15) is 49.7 Å². The van der Waals surface area contributed by atoms with E-state index in [4.69, 9.17) is 27.9 Å². The number of benzene rings is 2. The van der Waals surface area contributed by atoms with Gasteiger partial charge in [-0.05, 0) is 67.5 Å². The zero-order chi connectivity index (χ0) is 24.6. The topological polar surface area (TPSA) is 38.3 Å². The maximum absolute atomic E-state index is 13.0. The number of quaternary nitrogens is 1. The van der Waals surface area contributed by atoms with Crippen LogP contribution < -0.4 is 10.1 Å². The standard InChI is InChI=1S/C29H36Cl2N2O2/c1-33(18-20-6-7-20)13-12-29(22-4-3-5-25(16-22)35-2)17-24(10-9-23(29)19-33)32-28(34)15-21-8-11-26(30)27(31)14-21/h3-5,8,11,14,16,20,23-24H,6-7,9-10,12-13,15,17-19H2,1-2H3/p+1/t23?,24-,29+,33-/m1/s1. The molecule has 188 valence electrons. The summed E-state index contributed by atoms with van der Waals surface area (Å²) in [5.41, 5.74) is 2.34. The number of halogens is 2. The van der Waals surface area contributed by atoms with Crippen LogP contribution in [0.15, 0.2) is 42.5 Å². The fourth-order valence-electron chi connectivity index (χ4n) is 6.81. The van der Waals surface area contributed by atoms with Crippen molar-refractivity contribution in [1.82, 2.24) is 5.32 Å². The number of likely N-dealkylation sites (tertiary alicyclic amines) is 1. The van der Waals surface area contributed by atoms with Crippen molar-refractivity contribution >= 4 is 29.1 Å². The zero-order valence-corrected chi connectivity index (χ0v) is 22.4. The Balaban J connectivity index is 1.34. The van der Waals surface area contributed by atoms with Gasteiger partial charge in [-0.2, -0.15) is 0 Å². The molecule has 0 radical (unpaired) electrons. The van der Waals surface area contributed by atoms with Crippen molar-refractivity contribution in [3.8, 4) is 5.75 Å². The number of fused-ring (bicyclic) bond motifs is 1. The number of rotatable bonds is 7. The van der Waals surface area contributed by atoms with Crippen molar-refractivity contribution in [2.24, 2.45) is 11.8 Å².